The fourth-order valence-electron chi connectivity index (χ4n) is 3.07. The number of carbonyl (C=O) groups excluding carboxylic acids is 1. The van der Waals surface area contributed by atoms with E-state index in [0.717, 1.165) is 18.5 Å². The maximum atomic E-state index is 12.0. The molecule has 4 nitrogen and oxygen atoms in total. The summed E-state index contributed by atoms with van der Waals surface area (Å²) < 4.78 is 1.87. The number of nitrogens with zero attached hydrogens (tertiary/aromatic N) is 2. The molecule has 2 aliphatic rings. The predicted octanol–water partition coefficient (Wildman–Crippen LogP) is 1.38. The average Bonchev–Trinajstić information content (AvgIpc) is 2.93. The molecule has 1 aromatic rings. The van der Waals surface area contributed by atoms with E-state index in [1.165, 1.54) is 25.9 Å². The van der Waals surface area contributed by atoms with Gasteiger partial charge in [-0.25, -0.2) is 0 Å². The van der Waals surface area contributed by atoms with Crippen molar-refractivity contribution < 1.29 is 4.79 Å². The van der Waals surface area contributed by atoms with Gasteiger partial charge < -0.3 is 14.8 Å². The Morgan fingerprint density at radius 1 is 1.33 bits per heavy atom. The Hall–Kier alpha value is -1.29. The number of hydrogen-bond acceptors (Lipinski definition) is 2. The van der Waals surface area contributed by atoms with Gasteiger partial charge in [-0.2, -0.15) is 0 Å². The lowest BCUT2D eigenvalue weighted by Gasteiger charge is -2.41. The Morgan fingerprint density at radius 2 is 2.06 bits per heavy atom. The summed E-state index contributed by atoms with van der Waals surface area (Å²) in [6.45, 7) is 2.51. The van der Waals surface area contributed by atoms with Gasteiger partial charge in [0.1, 0.15) is 5.69 Å². The molecule has 1 saturated carbocycles. The number of nitrogens with one attached hydrogen (secondary N) is 1. The van der Waals surface area contributed by atoms with Crippen LogP contribution in [0, 0.1) is 0 Å². The Labute approximate surface area is 108 Å². The van der Waals surface area contributed by atoms with Crippen LogP contribution >= 0.6 is 0 Å². The lowest BCUT2D eigenvalue weighted by molar-refractivity contribution is 0.0812. The Kier molecular flexibility index (Phi) is 3.12. The second-order valence-corrected chi connectivity index (χ2v) is 5.54. The second kappa shape index (κ2) is 4.76. The largest absolute Gasteiger partial charge is 0.348 e. The molecule has 0 radical (unpaired) electrons. The normalized spacial score (nSPS) is 28.1. The van der Waals surface area contributed by atoms with Gasteiger partial charge in [0.25, 0.3) is 5.91 Å². The van der Waals surface area contributed by atoms with Gasteiger partial charge in [0, 0.05) is 25.3 Å². The first kappa shape index (κ1) is 11.8. The van der Waals surface area contributed by atoms with Gasteiger partial charge in [0.05, 0.1) is 0 Å². The molecular weight excluding hydrogens is 226 g/mol. The first-order valence-electron chi connectivity index (χ1n) is 6.90. The summed E-state index contributed by atoms with van der Waals surface area (Å²) in [6, 6.07) is 4.86. The van der Waals surface area contributed by atoms with Gasteiger partial charge in [0.2, 0.25) is 0 Å². The smallest absolute Gasteiger partial charge is 0.268 e. The van der Waals surface area contributed by atoms with Crippen LogP contribution < -0.4 is 5.32 Å². The zero-order valence-corrected chi connectivity index (χ0v) is 10.9. The van der Waals surface area contributed by atoms with Crippen LogP contribution in [0.25, 0.3) is 0 Å². The molecule has 0 atom stereocenters. The highest BCUT2D eigenvalue weighted by molar-refractivity contribution is 5.92. The molecule has 1 amide bonds. The molecule has 1 aliphatic carbocycles. The minimum absolute atomic E-state index is 0.0624. The van der Waals surface area contributed by atoms with Crippen molar-refractivity contribution in [3.63, 3.8) is 0 Å². The minimum atomic E-state index is 0.0624. The summed E-state index contributed by atoms with van der Waals surface area (Å²) in [6.07, 6.45) is 6.84. The lowest BCUT2D eigenvalue weighted by atomic mass is 9.85. The van der Waals surface area contributed by atoms with Crippen LogP contribution in [0.2, 0.25) is 0 Å². The topological polar surface area (TPSA) is 37.3 Å². The molecular formula is C14H21N3O. The average molecular weight is 247 g/mol. The van der Waals surface area contributed by atoms with Crippen LogP contribution in [0.4, 0.5) is 0 Å². The van der Waals surface area contributed by atoms with E-state index >= 15 is 0 Å². The van der Waals surface area contributed by atoms with E-state index < -0.39 is 0 Å². The third kappa shape index (κ3) is 2.17. The molecule has 98 valence electrons. The summed E-state index contributed by atoms with van der Waals surface area (Å²) in [7, 11) is 1.91. The fourth-order valence-corrected chi connectivity index (χ4v) is 3.07. The molecule has 0 unspecified atom stereocenters. The van der Waals surface area contributed by atoms with Crippen molar-refractivity contribution in [1.29, 1.82) is 0 Å². The minimum Gasteiger partial charge on any atom is -0.348 e. The van der Waals surface area contributed by atoms with Crippen LogP contribution in [0.1, 0.15) is 36.2 Å². The third-order valence-electron chi connectivity index (χ3n) is 4.28. The van der Waals surface area contributed by atoms with E-state index in [0.29, 0.717) is 12.1 Å². The molecule has 0 aromatic carbocycles. The molecule has 4 heteroatoms. The zero-order valence-electron chi connectivity index (χ0n) is 10.9. The first-order chi connectivity index (χ1) is 8.74. The van der Waals surface area contributed by atoms with Crippen molar-refractivity contribution >= 4 is 5.91 Å². The van der Waals surface area contributed by atoms with Crippen LogP contribution in [0.5, 0.6) is 0 Å². The van der Waals surface area contributed by atoms with E-state index in [2.05, 4.69) is 10.2 Å². The number of aryl methyl sites for hydroxylation is 1. The van der Waals surface area contributed by atoms with Crippen molar-refractivity contribution in [3.05, 3.63) is 24.0 Å². The van der Waals surface area contributed by atoms with Gasteiger partial charge in [-0.3, -0.25) is 4.79 Å². The molecule has 1 N–H and O–H groups in total. The first-order valence-corrected chi connectivity index (χ1v) is 6.90. The maximum absolute atomic E-state index is 12.0. The summed E-state index contributed by atoms with van der Waals surface area (Å²) in [5.41, 5.74) is 0.750. The van der Waals surface area contributed by atoms with Gasteiger partial charge in [-0.05, 0) is 50.9 Å². The molecule has 1 aromatic heterocycles. The van der Waals surface area contributed by atoms with Crippen molar-refractivity contribution in [2.24, 2.45) is 7.05 Å². The predicted molar refractivity (Wildman–Crippen MR) is 70.5 cm³/mol. The Morgan fingerprint density at radius 3 is 2.67 bits per heavy atom. The second-order valence-electron chi connectivity index (χ2n) is 5.54. The number of aromatic nitrogens is 1. The SMILES string of the molecule is Cn1cccc1C(=O)NC1CC(N2CCCC2)C1. The van der Waals surface area contributed by atoms with Gasteiger partial charge in [-0.15, -0.1) is 0 Å². The van der Waals surface area contributed by atoms with Crippen molar-refractivity contribution in [3.8, 4) is 0 Å². The highest BCUT2D eigenvalue weighted by atomic mass is 16.2. The van der Waals surface area contributed by atoms with Crippen molar-refractivity contribution in [1.82, 2.24) is 14.8 Å². The zero-order chi connectivity index (χ0) is 12.5. The van der Waals surface area contributed by atoms with E-state index in [-0.39, 0.29) is 5.91 Å². The fraction of sp³-hybridized carbons (Fsp3) is 0.643. The Balaban J connectivity index is 1.48. The summed E-state index contributed by atoms with van der Waals surface area (Å²) >= 11 is 0. The number of carbonyl (C=O) groups is 1. The van der Waals surface area contributed by atoms with Crippen LogP contribution in [-0.4, -0.2) is 40.5 Å². The number of amides is 1. The molecule has 1 aliphatic heterocycles. The Bertz CT molecular complexity index is 428. The molecule has 2 heterocycles. The van der Waals surface area contributed by atoms with Crippen molar-refractivity contribution in [2.75, 3.05) is 13.1 Å². The summed E-state index contributed by atoms with van der Waals surface area (Å²) in [5, 5.41) is 3.13. The molecule has 1 saturated heterocycles. The van der Waals surface area contributed by atoms with Gasteiger partial charge in [0.15, 0.2) is 0 Å². The molecule has 0 bridgehead atoms. The van der Waals surface area contributed by atoms with E-state index in [4.69, 9.17) is 0 Å². The lowest BCUT2D eigenvalue weighted by Crippen LogP contribution is -2.53. The van der Waals surface area contributed by atoms with Crippen LogP contribution in [0.3, 0.4) is 0 Å². The third-order valence-corrected chi connectivity index (χ3v) is 4.28. The quantitative estimate of drug-likeness (QED) is 0.876. The van der Waals surface area contributed by atoms with E-state index in [1.54, 1.807) is 0 Å². The molecule has 2 fully saturated rings. The number of rotatable bonds is 3. The van der Waals surface area contributed by atoms with E-state index in [1.807, 2.05) is 29.9 Å². The summed E-state index contributed by atoms with van der Waals surface area (Å²) in [4.78, 5) is 14.6. The summed E-state index contributed by atoms with van der Waals surface area (Å²) in [5.74, 6) is 0.0624. The molecule has 18 heavy (non-hydrogen) atoms. The maximum Gasteiger partial charge on any atom is 0.268 e. The van der Waals surface area contributed by atoms with E-state index in [9.17, 15) is 4.79 Å². The monoisotopic (exact) mass is 247 g/mol. The van der Waals surface area contributed by atoms with Crippen molar-refractivity contribution in [2.45, 2.75) is 37.8 Å². The van der Waals surface area contributed by atoms with Gasteiger partial charge in [-0.1, -0.05) is 0 Å². The highest BCUT2D eigenvalue weighted by Crippen LogP contribution is 2.28. The number of hydrogen-bond donors (Lipinski definition) is 1. The van der Waals surface area contributed by atoms with Crippen LogP contribution in [0.15, 0.2) is 18.3 Å². The molecule has 0 spiro atoms. The van der Waals surface area contributed by atoms with Crippen LogP contribution in [-0.2, 0) is 7.05 Å². The molecule has 3 rings (SSSR count). The standard InChI is InChI=1S/C14H21N3O/c1-16-6-4-5-13(16)14(18)15-11-9-12(10-11)17-7-2-3-8-17/h4-6,11-12H,2-3,7-10H2,1H3,(H,15,18). The number of likely N-dealkylation sites (tertiary alicyclic amines) is 1. The highest BCUT2D eigenvalue weighted by Gasteiger charge is 2.35. The van der Waals surface area contributed by atoms with Gasteiger partial charge >= 0.3 is 0 Å².